The number of aliphatic imine (C=N–C) groups is 1. The van der Waals surface area contributed by atoms with Crippen molar-refractivity contribution in [2.45, 2.75) is 59.0 Å². The Balaban J connectivity index is 0.00000420. The molecular formula is C23H41IN4O. The van der Waals surface area contributed by atoms with E-state index in [-0.39, 0.29) is 29.4 Å². The second-order valence-corrected chi connectivity index (χ2v) is 8.94. The van der Waals surface area contributed by atoms with Gasteiger partial charge in [0.05, 0.1) is 12.6 Å². The summed E-state index contributed by atoms with van der Waals surface area (Å²) in [6.07, 6.45) is 1.88. The van der Waals surface area contributed by atoms with Crippen molar-refractivity contribution >= 4 is 29.9 Å². The molecular weight excluding hydrogens is 475 g/mol. The average molecular weight is 517 g/mol. The first kappa shape index (κ1) is 26.2. The van der Waals surface area contributed by atoms with Gasteiger partial charge in [-0.05, 0) is 55.3 Å². The van der Waals surface area contributed by atoms with Crippen molar-refractivity contribution in [2.75, 3.05) is 39.3 Å². The number of hydrogen-bond donors (Lipinski definition) is 3. The molecule has 1 aromatic carbocycles. The van der Waals surface area contributed by atoms with Gasteiger partial charge in [0.2, 0.25) is 0 Å². The Morgan fingerprint density at radius 3 is 2.48 bits per heavy atom. The van der Waals surface area contributed by atoms with Crippen LogP contribution in [0.4, 0.5) is 0 Å². The molecule has 0 aromatic heterocycles. The number of likely N-dealkylation sites (tertiary alicyclic amines) is 1. The molecule has 3 N–H and O–H groups in total. The molecule has 1 aromatic rings. The van der Waals surface area contributed by atoms with E-state index >= 15 is 0 Å². The second kappa shape index (κ2) is 12.7. The van der Waals surface area contributed by atoms with Gasteiger partial charge in [-0.1, -0.05) is 52.0 Å². The van der Waals surface area contributed by atoms with E-state index in [2.05, 4.69) is 67.3 Å². The van der Waals surface area contributed by atoms with Gasteiger partial charge in [-0.3, -0.25) is 4.99 Å². The lowest BCUT2D eigenvalue weighted by Crippen LogP contribution is -2.40. The van der Waals surface area contributed by atoms with E-state index < -0.39 is 6.10 Å². The van der Waals surface area contributed by atoms with Gasteiger partial charge < -0.3 is 20.6 Å². The van der Waals surface area contributed by atoms with Gasteiger partial charge >= 0.3 is 0 Å². The quantitative estimate of drug-likeness (QED) is 0.279. The lowest BCUT2D eigenvalue weighted by Gasteiger charge is -2.20. The van der Waals surface area contributed by atoms with E-state index in [9.17, 15) is 5.11 Å². The first-order valence-electron chi connectivity index (χ1n) is 10.9. The number of halogens is 1. The van der Waals surface area contributed by atoms with E-state index in [4.69, 9.17) is 0 Å². The average Bonchev–Trinajstić information content (AvgIpc) is 3.11. The summed E-state index contributed by atoms with van der Waals surface area (Å²) in [7, 11) is 0. The molecule has 1 heterocycles. The van der Waals surface area contributed by atoms with E-state index in [1.807, 2.05) is 12.1 Å². The summed E-state index contributed by atoms with van der Waals surface area (Å²) in [5, 5.41) is 17.3. The minimum Gasteiger partial charge on any atom is -0.386 e. The third kappa shape index (κ3) is 8.80. The minimum absolute atomic E-state index is 0. The third-order valence-corrected chi connectivity index (χ3v) is 5.40. The maximum Gasteiger partial charge on any atom is 0.191 e. The van der Waals surface area contributed by atoms with Crippen molar-refractivity contribution in [3.05, 3.63) is 35.4 Å². The summed E-state index contributed by atoms with van der Waals surface area (Å²) in [5.74, 6) is 1.46. The van der Waals surface area contributed by atoms with Crippen LogP contribution in [0.1, 0.15) is 64.7 Å². The van der Waals surface area contributed by atoms with Crippen LogP contribution in [-0.2, 0) is 5.41 Å². The first-order valence-corrected chi connectivity index (χ1v) is 10.9. The Hall–Kier alpha value is -0.860. The number of hydrogen-bond acceptors (Lipinski definition) is 3. The molecule has 1 saturated heterocycles. The number of guanidine groups is 1. The van der Waals surface area contributed by atoms with Crippen LogP contribution in [0.5, 0.6) is 0 Å². The zero-order valence-corrected chi connectivity index (χ0v) is 21.2. The second-order valence-electron chi connectivity index (χ2n) is 8.94. The van der Waals surface area contributed by atoms with Gasteiger partial charge in [0.1, 0.15) is 0 Å². The van der Waals surface area contributed by atoms with E-state index in [0.29, 0.717) is 12.5 Å². The maximum absolute atomic E-state index is 10.5. The number of benzene rings is 1. The molecule has 166 valence electrons. The number of nitrogens with zero attached hydrogens (tertiary/aromatic N) is 2. The Labute approximate surface area is 194 Å². The minimum atomic E-state index is -0.587. The van der Waals surface area contributed by atoms with Crippen molar-refractivity contribution < 1.29 is 5.11 Å². The summed E-state index contributed by atoms with van der Waals surface area (Å²) < 4.78 is 0. The molecule has 0 saturated carbocycles. The number of nitrogens with one attached hydrogen (secondary N) is 2. The van der Waals surface area contributed by atoms with E-state index in [1.54, 1.807) is 0 Å². The Morgan fingerprint density at radius 2 is 1.90 bits per heavy atom. The van der Waals surface area contributed by atoms with E-state index in [0.717, 1.165) is 24.6 Å². The standard InChI is InChI=1S/C23H40N4O.HI/c1-6-13-27-14-12-18(17-27)15-25-22(24-7-2)26-16-21(28)19-8-10-20(11-9-19)23(3,4)5;/h8-11,18,21,28H,6-7,12-17H2,1-5H3,(H2,24,25,26);1H. The lowest BCUT2D eigenvalue weighted by atomic mass is 9.86. The normalized spacial score (nSPS) is 19.0. The molecule has 2 atom stereocenters. The van der Waals surface area contributed by atoms with Gasteiger partial charge in [-0.25, -0.2) is 0 Å². The summed E-state index contributed by atoms with van der Waals surface area (Å²) >= 11 is 0. The topological polar surface area (TPSA) is 59.9 Å². The van der Waals surface area contributed by atoms with Crippen molar-refractivity contribution in [1.82, 2.24) is 15.5 Å². The fourth-order valence-electron chi connectivity index (χ4n) is 3.67. The molecule has 0 amide bonds. The first-order chi connectivity index (χ1) is 13.3. The van der Waals surface area contributed by atoms with Crippen molar-refractivity contribution in [1.29, 1.82) is 0 Å². The molecule has 6 heteroatoms. The zero-order valence-electron chi connectivity index (χ0n) is 18.9. The molecule has 1 fully saturated rings. The molecule has 1 aliphatic heterocycles. The van der Waals surface area contributed by atoms with Gasteiger partial charge in [0.15, 0.2) is 5.96 Å². The number of aliphatic hydroxyl groups excluding tert-OH is 1. The highest BCUT2D eigenvalue weighted by molar-refractivity contribution is 14.0. The summed E-state index contributed by atoms with van der Waals surface area (Å²) in [6, 6.07) is 8.24. The van der Waals surface area contributed by atoms with Crippen LogP contribution in [0.25, 0.3) is 0 Å². The van der Waals surface area contributed by atoms with Crippen LogP contribution in [0.15, 0.2) is 29.3 Å². The monoisotopic (exact) mass is 516 g/mol. The molecule has 2 rings (SSSR count). The largest absolute Gasteiger partial charge is 0.386 e. The smallest absolute Gasteiger partial charge is 0.191 e. The Morgan fingerprint density at radius 1 is 1.21 bits per heavy atom. The lowest BCUT2D eigenvalue weighted by molar-refractivity contribution is 0.187. The number of rotatable bonds is 8. The highest BCUT2D eigenvalue weighted by Crippen LogP contribution is 2.24. The van der Waals surface area contributed by atoms with Crippen LogP contribution >= 0.6 is 24.0 Å². The fourth-order valence-corrected chi connectivity index (χ4v) is 3.67. The van der Waals surface area contributed by atoms with Crippen LogP contribution in [0.3, 0.4) is 0 Å². The van der Waals surface area contributed by atoms with Crippen molar-refractivity contribution in [2.24, 2.45) is 10.9 Å². The predicted molar refractivity (Wildman–Crippen MR) is 134 cm³/mol. The fraction of sp³-hybridized carbons (Fsp3) is 0.696. The molecule has 5 nitrogen and oxygen atoms in total. The molecule has 0 radical (unpaired) electrons. The van der Waals surface area contributed by atoms with Gasteiger partial charge in [0, 0.05) is 19.6 Å². The van der Waals surface area contributed by atoms with Gasteiger partial charge in [0.25, 0.3) is 0 Å². The van der Waals surface area contributed by atoms with Crippen LogP contribution in [-0.4, -0.2) is 55.2 Å². The Bertz CT molecular complexity index is 612. The highest BCUT2D eigenvalue weighted by Gasteiger charge is 2.21. The van der Waals surface area contributed by atoms with E-state index in [1.165, 1.54) is 38.0 Å². The summed E-state index contributed by atoms with van der Waals surface area (Å²) in [5.41, 5.74) is 2.31. The van der Waals surface area contributed by atoms with Gasteiger partial charge in [-0.15, -0.1) is 24.0 Å². The zero-order chi connectivity index (χ0) is 20.6. The van der Waals surface area contributed by atoms with Crippen LogP contribution < -0.4 is 10.6 Å². The third-order valence-electron chi connectivity index (χ3n) is 5.40. The molecule has 0 spiro atoms. The highest BCUT2D eigenvalue weighted by atomic mass is 127. The molecule has 2 unspecified atom stereocenters. The molecule has 0 aliphatic carbocycles. The van der Waals surface area contributed by atoms with Crippen LogP contribution in [0, 0.1) is 5.92 Å². The van der Waals surface area contributed by atoms with Crippen LogP contribution in [0.2, 0.25) is 0 Å². The summed E-state index contributed by atoms with van der Waals surface area (Å²) in [4.78, 5) is 7.15. The molecule has 0 bridgehead atoms. The SMILES string of the molecule is CCCN1CCC(CNC(=NCC(O)c2ccc(C(C)(C)C)cc2)NCC)C1.I. The molecule has 1 aliphatic rings. The predicted octanol–water partition coefficient (Wildman–Crippen LogP) is 3.92. The van der Waals surface area contributed by atoms with Crippen molar-refractivity contribution in [3.63, 3.8) is 0 Å². The van der Waals surface area contributed by atoms with Gasteiger partial charge in [-0.2, -0.15) is 0 Å². The maximum atomic E-state index is 10.5. The Kier molecular flexibility index (Phi) is 11.5. The molecule has 29 heavy (non-hydrogen) atoms. The van der Waals surface area contributed by atoms with Crippen molar-refractivity contribution in [3.8, 4) is 0 Å². The number of aliphatic hydroxyl groups is 1. The summed E-state index contributed by atoms with van der Waals surface area (Å²) in [6.45, 7) is 16.6.